The molecule has 142 valence electrons. The fraction of sp³-hybridized carbons (Fsp3) is 0.250. The molecule has 1 aliphatic rings. The summed E-state index contributed by atoms with van der Waals surface area (Å²) in [7, 11) is -3.54. The fourth-order valence-electron chi connectivity index (χ4n) is 3.04. The predicted molar refractivity (Wildman–Crippen MR) is 104 cm³/mol. The summed E-state index contributed by atoms with van der Waals surface area (Å²) >= 11 is 0. The largest absolute Gasteiger partial charge is 0.478 e. The molecule has 1 saturated heterocycles. The van der Waals surface area contributed by atoms with Gasteiger partial charge in [-0.1, -0.05) is 42.5 Å². The van der Waals surface area contributed by atoms with Gasteiger partial charge in [0.1, 0.15) is 0 Å². The van der Waals surface area contributed by atoms with Crippen LogP contribution in [-0.2, 0) is 21.4 Å². The maximum Gasteiger partial charge on any atom is 0.328 e. The lowest BCUT2D eigenvalue weighted by Crippen LogP contribution is -2.48. The number of sulfonamides is 1. The van der Waals surface area contributed by atoms with E-state index in [1.54, 1.807) is 12.1 Å². The summed E-state index contributed by atoms with van der Waals surface area (Å²) in [6.07, 6.45) is 2.45. The van der Waals surface area contributed by atoms with Crippen LogP contribution in [0.15, 0.2) is 65.6 Å². The molecule has 0 saturated carbocycles. The van der Waals surface area contributed by atoms with Crippen LogP contribution in [0.2, 0.25) is 0 Å². The third-order valence-corrected chi connectivity index (χ3v) is 6.43. The van der Waals surface area contributed by atoms with Crippen LogP contribution in [0.4, 0.5) is 0 Å². The first-order chi connectivity index (χ1) is 12.9. The molecule has 0 aromatic heterocycles. The standard InChI is InChI=1S/C20H22N2O4S/c23-20(24)11-8-17-6-9-19(10-7-17)27(25,26)22-14-12-21(13-15-22)16-18-4-2-1-3-5-18/h1-11H,12-16H2,(H,23,24). The number of carboxylic acid groups (broad SMARTS) is 1. The monoisotopic (exact) mass is 386 g/mol. The van der Waals surface area contributed by atoms with Crippen molar-refractivity contribution in [3.63, 3.8) is 0 Å². The van der Waals surface area contributed by atoms with Gasteiger partial charge in [-0.2, -0.15) is 4.31 Å². The van der Waals surface area contributed by atoms with E-state index < -0.39 is 16.0 Å². The topological polar surface area (TPSA) is 77.9 Å². The highest BCUT2D eigenvalue weighted by atomic mass is 32.2. The minimum Gasteiger partial charge on any atom is -0.478 e. The molecule has 0 aliphatic carbocycles. The minimum absolute atomic E-state index is 0.228. The molecule has 0 atom stereocenters. The molecule has 3 rings (SSSR count). The van der Waals surface area contributed by atoms with Crippen molar-refractivity contribution in [3.05, 3.63) is 71.8 Å². The van der Waals surface area contributed by atoms with E-state index in [0.29, 0.717) is 31.7 Å². The highest BCUT2D eigenvalue weighted by Crippen LogP contribution is 2.19. The van der Waals surface area contributed by atoms with Crippen LogP contribution in [0.1, 0.15) is 11.1 Å². The lowest BCUT2D eigenvalue weighted by Gasteiger charge is -2.34. The first-order valence-electron chi connectivity index (χ1n) is 8.73. The van der Waals surface area contributed by atoms with Gasteiger partial charge < -0.3 is 5.11 Å². The molecule has 1 heterocycles. The molecule has 7 heteroatoms. The Morgan fingerprint density at radius 2 is 1.59 bits per heavy atom. The van der Waals surface area contributed by atoms with Crippen LogP contribution in [0.25, 0.3) is 6.08 Å². The van der Waals surface area contributed by atoms with E-state index in [4.69, 9.17) is 5.11 Å². The second kappa shape index (κ2) is 8.47. The van der Waals surface area contributed by atoms with Crippen molar-refractivity contribution < 1.29 is 18.3 Å². The third kappa shape index (κ3) is 5.03. The number of hydrogen-bond acceptors (Lipinski definition) is 4. The molecule has 2 aromatic rings. The van der Waals surface area contributed by atoms with Crippen molar-refractivity contribution in [1.29, 1.82) is 0 Å². The lowest BCUT2D eigenvalue weighted by atomic mass is 10.2. The average molecular weight is 386 g/mol. The van der Waals surface area contributed by atoms with E-state index in [1.165, 1.54) is 28.1 Å². The van der Waals surface area contributed by atoms with Crippen LogP contribution in [0.3, 0.4) is 0 Å². The molecule has 1 aliphatic heterocycles. The lowest BCUT2D eigenvalue weighted by molar-refractivity contribution is -0.131. The number of carboxylic acids is 1. The van der Waals surface area contributed by atoms with E-state index in [2.05, 4.69) is 17.0 Å². The Morgan fingerprint density at radius 3 is 2.19 bits per heavy atom. The van der Waals surface area contributed by atoms with Crippen molar-refractivity contribution in [2.24, 2.45) is 0 Å². The first-order valence-corrected chi connectivity index (χ1v) is 10.2. The summed E-state index contributed by atoms with van der Waals surface area (Å²) in [6, 6.07) is 16.4. The van der Waals surface area contributed by atoms with Crippen LogP contribution in [-0.4, -0.2) is 54.9 Å². The molecule has 1 N–H and O–H groups in total. The van der Waals surface area contributed by atoms with Crippen LogP contribution >= 0.6 is 0 Å². The van der Waals surface area contributed by atoms with E-state index >= 15 is 0 Å². The molecule has 0 unspecified atom stereocenters. The van der Waals surface area contributed by atoms with Gasteiger partial charge in [0, 0.05) is 38.8 Å². The van der Waals surface area contributed by atoms with Gasteiger partial charge in [0.25, 0.3) is 0 Å². The highest BCUT2D eigenvalue weighted by Gasteiger charge is 2.28. The molecule has 1 fully saturated rings. The molecule has 0 bridgehead atoms. The number of piperazine rings is 1. The number of hydrogen-bond donors (Lipinski definition) is 1. The van der Waals surface area contributed by atoms with E-state index in [0.717, 1.165) is 12.6 Å². The van der Waals surface area contributed by atoms with Gasteiger partial charge in [-0.25, -0.2) is 13.2 Å². The van der Waals surface area contributed by atoms with Crippen LogP contribution in [0.5, 0.6) is 0 Å². The van der Waals surface area contributed by atoms with Gasteiger partial charge in [0.15, 0.2) is 0 Å². The molecule has 0 spiro atoms. The van der Waals surface area contributed by atoms with Gasteiger partial charge >= 0.3 is 5.97 Å². The Labute approximate surface area is 159 Å². The van der Waals surface area contributed by atoms with Gasteiger partial charge in [-0.05, 0) is 29.3 Å². The minimum atomic E-state index is -3.54. The van der Waals surface area contributed by atoms with Gasteiger partial charge in [-0.15, -0.1) is 0 Å². The number of rotatable bonds is 6. The van der Waals surface area contributed by atoms with Gasteiger partial charge in [-0.3, -0.25) is 4.90 Å². The molecule has 2 aromatic carbocycles. The second-order valence-electron chi connectivity index (χ2n) is 6.41. The normalized spacial score (nSPS) is 16.6. The number of aliphatic carboxylic acids is 1. The summed E-state index contributed by atoms with van der Waals surface area (Å²) < 4.78 is 27.2. The van der Waals surface area contributed by atoms with Crippen molar-refractivity contribution in [2.75, 3.05) is 26.2 Å². The quantitative estimate of drug-likeness (QED) is 0.771. The third-order valence-electron chi connectivity index (χ3n) is 4.52. The van der Waals surface area contributed by atoms with Crippen LogP contribution < -0.4 is 0 Å². The Kier molecular flexibility index (Phi) is 6.05. The smallest absolute Gasteiger partial charge is 0.328 e. The SMILES string of the molecule is O=C(O)C=Cc1ccc(S(=O)(=O)N2CCN(Cc3ccccc3)CC2)cc1. The maximum absolute atomic E-state index is 12.8. The fourth-order valence-corrected chi connectivity index (χ4v) is 4.46. The summed E-state index contributed by atoms with van der Waals surface area (Å²) in [5.41, 5.74) is 1.86. The Hall–Kier alpha value is -2.48. The summed E-state index contributed by atoms with van der Waals surface area (Å²) in [6.45, 7) is 3.10. The van der Waals surface area contributed by atoms with E-state index in [9.17, 15) is 13.2 Å². The number of carbonyl (C=O) groups is 1. The van der Waals surface area contributed by atoms with Gasteiger partial charge in [0.05, 0.1) is 4.90 Å². The zero-order chi connectivity index (χ0) is 19.3. The summed E-state index contributed by atoms with van der Waals surface area (Å²) in [5, 5.41) is 8.65. The number of nitrogens with zero attached hydrogens (tertiary/aromatic N) is 2. The van der Waals surface area contributed by atoms with Crippen molar-refractivity contribution in [3.8, 4) is 0 Å². The van der Waals surface area contributed by atoms with Crippen molar-refractivity contribution in [2.45, 2.75) is 11.4 Å². The zero-order valence-electron chi connectivity index (χ0n) is 14.9. The molecule has 0 radical (unpaired) electrons. The van der Waals surface area contributed by atoms with E-state index in [1.807, 2.05) is 18.2 Å². The maximum atomic E-state index is 12.8. The number of benzene rings is 2. The predicted octanol–water partition coefficient (Wildman–Crippen LogP) is 2.29. The Balaban J connectivity index is 1.62. The molecule has 6 nitrogen and oxygen atoms in total. The molecular formula is C20H22N2O4S. The Morgan fingerprint density at radius 1 is 0.963 bits per heavy atom. The zero-order valence-corrected chi connectivity index (χ0v) is 15.7. The summed E-state index contributed by atoms with van der Waals surface area (Å²) in [4.78, 5) is 13.0. The molecular weight excluding hydrogens is 364 g/mol. The van der Waals surface area contributed by atoms with Crippen molar-refractivity contribution in [1.82, 2.24) is 9.21 Å². The first kappa shape index (κ1) is 19.3. The van der Waals surface area contributed by atoms with E-state index in [-0.39, 0.29) is 4.90 Å². The highest BCUT2D eigenvalue weighted by molar-refractivity contribution is 7.89. The van der Waals surface area contributed by atoms with Gasteiger partial charge in [0.2, 0.25) is 10.0 Å². The molecule has 0 amide bonds. The van der Waals surface area contributed by atoms with Crippen molar-refractivity contribution >= 4 is 22.1 Å². The summed E-state index contributed by atoms with van der Waals surface area (Å²) in [5.74, 6) is -1.04. The average Bonchev–Trinajstić information content (AvgIpc) is 2.68. The van der Waals surface area contributed by atoms with Crippen LogP contribution in [0, 0.1) is 0 Å². The molecule has 27 heavy (non-hydrogen) atoms. The Bertz CT molecular complexity index is 901. The second-order valence-corrected chi connectivity index (χ2v) is 8.34.